The Labute approximate surface area is 113 Å². The Morgan fingerprint density at radius 1 is 1.38 bits per heavy atom. The number of nitrogens with one attached hydrogen (secondary N) is 1. The third kappa shape index (κ3) is 2.48. The van der Waals surface area contributed by atoms with Crippen LogP contribution in [0.4, 0.5) is 0 Å². The highest BCUT2D eigenvalue weighted by molar-refractivity contribution is 9.10. The van der Waals surface area contributed by atoms with Gasteiger partial charge in [0.1, 0.15) is 0 Å². The minimum Gasteiger partial charge on any atom is -0.309 e. The summed E-state index contributed by atoms with van der Waals surface area (Å²) in [5.74, 6) is 0. The van der Waals surface area contributed by atoms with Crippen molar-refractivity contribution in [3.05, 3.63) is 55.6 Å². The molecule has 0 aliphatic rings. The molecule has 16 heavy (non-hydrogen) atoms. The van der Waals surface area contributed by atoms with Gasteiger partial charge < -0.3 is 5.32 Å². The maximum atomic E-state index is 6.03. The van der Waals surface area contributed by atoms with E-state index >= 15 is 0 Å². The summed E-state index contributed by atoms with van der Waals surface area (Å²) in [7, 11) is 1.96. The highest BCUT2D eigenvalue weighted by Gasteiger charge is 2.15. The normalized spacial score (nSPS) is 12.7. The van der Waals surface area contributed by atoms with Crippen LogP contribution in [0.25, 0.3) is 0 Å². The molecule has 2 aromatic rings. The molecule has 0 radical (unpaired) electrons. The van der Waals surface area contributed by atoms with Gasteiger partial charge in [-0.3, -0.25) is 0 Å². The van der Waals surface area contributed by atoms with E-state index in [-0.39, 0.29) is 6.04 Å². The van der Waals surface area contributed by atoms with E-state index < -0.39 is 0 Å². The molecule has 4 heteroatoms. The molecule has 0 fully saturated rings. The summed E-state index contributed by atoms with van der Waals surface area (Å²) in [5, 5.41) is 6.15. The van der Waals surface area contributed by atoms with Gasteiger partial charge >= 0.3 is 0 Å². The molecule has 1 heterocycles. The third-order valence-electron chi connectivity index (χ3n) is 2.39. The molecule has 1 aromatic carbocycles. The van der Waals surface area contributed by atoms with Crippen molar-refractivity contribution in [1.82, 2.24) is 5.32 Å². The van der Waals surface area contributed by atoms with E-state index in [1.54, 1.807) is 11.3 Å². The molecule has 0 aliphatic heterocycles. The van der Waals surface area contributed by atoms with Gasteiger partial charge in [-0.25, -0.2) is 0 Å². The van der Waals surface area contributed by atoms with Gasteiger partial charge in [0.25, 0.3) is 0 Å². The predicted octanol–water partition coefficient (Wildman–Crippen LogP) is 4.47. The second kappa shape index (κ2) is 5.32. The third-order valence-corrected chi connectivity index (χ3v) is 4.28. The minimum atomic E-state index is 0.188. The SMILES string of the molecule is CNC(c1cccs1)c1cc(Cl)ccc1Br. The van der Waals surface area contributed by atoms with Crippen molar-refractivity contribution in [2.45, 2.75) is 6.04 Å². The first-order chi connectivity index (χ1) is 7.72. The maximum absolute atomic E-state index is 6.03. The van der Waals surface area contributed by atoms with Gasteiger partial charge in [-0.15, -0.1) is 11.3 Å². The van der Waals surface area contributed by atoms with Gasteiger partial charge in [-0.2, -0.15) is 0 Å². The van der Waals surface area contributed by atoms with Gasteiger partial charge in [0.05, 0.1) is 6.04 Å². The smallest absolute Gasteiger partial charge is 0.0680 e. The Morgan fingerprint density at radius 3 is 2.81 bits per heavy atom. The second-order valence-electron chi connectivity index (χ2n) is 3.40. The maximum Gasteiger partial charge on any atom is 0.0680 e. The molecule has 1 aromatic heterocycles. The van der Waals surface area contributed by atoms with Crippen molar-refractivity contribution >= 4 is 38.9 Å². The first-order valence-corrected chi connectivity index (χ1v) is 6.93. The molecule has 2 rings (SSSR count). The van der Waals surface area contributed by atoms with Crippen LogP contribution in [-0.4, -0.2) is 7.05 Å². The molecule has 0 saturated heterocycles. The Hall–Kier alpha value is -0.350. The predicted molar refractivity (Wildman–Crippen MR) is 74.4 cm³/mol. The van der Waals surface area contributed by atoms with Gasteiger partial charge in [0.2, 0.25) is 0 Å². The number of hydrogen-bond donors (Lipinski definition) is 1. The van der Waals surface area contributed by atoms with Gasteiger partial charge in [0.15, 0.2) is 0 Å². The van der Waals surface area contributed by atoms with Crippen molar-refractivity contribution in [1.29, 1.82) is 0 Å². The van der Waals surface area contributed by atoms with Gasteiger partial charge in [0, 0.05) is 14.4 Å². The van der Waals surface area contributed by atoms with Crippen LogP contribution in [0, 0.1) is 0 Å². The number of thiophene rings is 1. The largest absolute Gasteiger partial charge is 0.309 e. The van der Waals surface area contributed by atoms with Gasteiger partial charge in [-0.1, -0.05) is 33.6 Å². The summed E-state index contributed by atoms with van der Waals surface area (Å²) in [6.45, 7) is 0. The van der Waals surface area contributed by atoms with Crippen LogP contribution in [0.2, 0.25) is 5.02 Å². The van der Waals surface area contributed by atoms with E-state index in [0.29, 0.717) is 0 Å². The summed E-state index contributed by atoms with van der Waals surface area (Å²) in [5.41, 5.74) is 1.16. The molecule has 0 amide bonds. The molecule has 0 spiro atoms. The Morgan fingerprint density at radius 2 is 2.19 bits per heavy atom. The number of benzene rings is 1. The van der Waals surface area contributed by atoms with E-state index in [0.717, 1.165) is 15.1 Å². The van der Waals surface area contributed by atoms with Crippen LogP contribution >= 0.6 is 38.9 Å². The summed E-state index contributed by atoms with van der Waals surface area (Å²) >= 11 is 11.3. The zero-order valence-corrected chi connectivity index (χ0v) is 11.9. The van der Waals surface area contributed by atoms with Crippen molar-refractivity contribution < 1.29 is 0 Å². The van der Waals surface area contributed by atoms with Crippen LogP contribution in [-0.2, 0) is 0 Å². The fourth-order valence-electron chi connectivity index (χ4n) is 1.64. The fourth-order valence-corrected chi connectivity index (χ4v) is 3.15. The first-order valence-electron chi connectivity index (χ1n) is 4.88. The highest BCUT2D eigenvalue weighted by atomic mass is 79.9. The zero-order valence-electron chi connectivity index (χ0n) is 8.71. The minimum absolute atomic E-state index is 0.188. The Balaban J connectivity index is 2.44. The number of rotatable bonds is 3. The summed E-state index contributed by atoms with van der Waals surface area (Å²) in [6.07, 6.45) is 0. The molecule has 1 N–H and O–H groups in total. The lowest BCUT2D eigenvalue weighted by Crippen LogP contribution is -2.16. The molecule has 1 nitrogen and oxygen atoms in total. The standard InChI is InChI=1S/C12H11BrClNS/c1-15-12(11-3-2-6-16-11)9-7-8(14)4-5-10(9)13/h2-7,12,15H,1H3. The molecular formula is C12H11BrClNS. The lowest BCUT2D eigenvalue weighted by Gasteiger charge is -2.17. The summed E-state index contributed by atoms with van der Waals surface area (Å²) in [4.78, 5) is 1.28. The van der Waals surface area contributed by atoms with E-state index in [1.165, 1.54) is 4.88 Å². The topological polar surface area (TPSA) is 12.0 Å². The van der Waals surface area contributed by atoms with Crippen molar-refractivity contribution in [2.75, 3.05) is 7.05 Å². The monoisotopic (exact) mass is 315 g/mol. The second-order valence-corrected chi connectivity index (χ2v) is 5.67. The van der Waals surface area contributed by atoms with Crippen LogP contribution in [0.3, 0.4) is 0 Å². The van der Waals surface area contributed by atoms with Crippen molar-refractivity contribution in [2.24, 2.45) is 0 Å². The zero-order chi connectivity index (χ0) is 11.5. The highest BCUT2D eigenvalue weighted by Crippen LogP contribution is 2.32. The number of halogens is 2. The van der Waals surface area contributed by atoms with E-state index in [9.17, 15) is 0 Å². The summed E-state index contributed by atoms with van der Waals surface area (Å²) < 4.78 is 1.07. The van der Waals surface area contributed by atoms with E-state index in [2.05, 4.69) is 38.8 Å². The quantitative estimate of drug-likeness (QED) is 0.881. The Bertz CT molecular complexity index is 470. The average Bonchev–Trinajstić information content (AvgIpc) is 2.78. The van der Waals surface area contributed by atoms with Crippen LogP contribution in [0.1, 0.15) is 16.5 Å². The molecule has 0 bridgehead atoms. The van der Waals surface area contributed by atoms with E-state index in [4.69, 9.17) is 11.6 Å². The fraction of sp³-hybridized carbons (Fsp3) is 0.167. The lowest BCUT2D eigenvalue weighted by molar-refractivity contribution is 0.701. The molecule has 1 atom stereocenters. The lowest BCUT2D eigenvalue weighted by atomic mass is 10.1. The molecule has 84 valence electrons. The van der Waals surface area contributed by atoms with Crippen LogP contribution in [0.15, 0.2) is 40.2 Å². The average molecular weight is 317 g/mol. The van der Waals surface area contributed by atoms with Crippen LogP contribution in [0.5, 0.6) is 0 Å². The first kappa shape index (κ1) is 12.1. The van der Waals surface area contributed by atoms with Crippen LogP contribution < -0.4 is 5.32 Å². The van der Waals surface area contributed by atoms with Gasteiger partial charge in [-0.05, 0) is 42.3 Å². The van der Waals surface area contributed by atoms with Crippen molar-refractivity contribution in [3.63, 3.8) is 0 Å². The summed E-state index contributed by atoms with van der Waals surface area (Å²) in [6, 6.07) is 10.2. The molecular weight excluding hydrogens is 306 g/mol. The molecule has 1 unspecified atom stereocenters. The Kier molecular flexibility index (Phi) is 4.03. The number of hydrogen-bond acceptors (Lipinski definition) is 2. The van der Waals surface area contributed by atoms with E-state index in [1.807, 2.05) is 25.2 Å². The van der Waals surface area contributed by atoms with Crippen molar-refractivity contribution in [3.8, 4) is 0 Å². The molecule has 0 aliphatic carbocycles. The molecule has 0 saturated carbocycles.